The normalized spacial score (nSPS) is 11.3. The van der Waals surface area contributed by atoms with Crippen LogP contribution in [0, 0.1) is 18.6 Å². The predicted molar refractivity (Wildman–Crippen MR) is 71.6 cm³/mol. The summed E-state index contributed by atoms with van der Waals surface area (Å²) in [6.07, 6.45) is 1.34. The Morgan fingerprint density at radius 1 is 1.15 bits per heavy atom. The van der Waals surface area contributed by atoms with Crippen molar-refractivity contribution in [3.63, 3.8) is 0 Å². The highest BCUT2D eigenvalue weighted by Gasteiger charge is 2.18. The van der Waals surface area contributed by atoms with E-state index in [0.717, 1.165) is 17.8 Å². The van der Waals surface area contributed by atoms with Gasteiger partial charge in [0.1, 0.15) is 17.4 Å². The monoisotopic (exact) mass is 298 g/mol. The second kappa shape index (κ2) is 5.54. The van der Waals surface area contributed by atoms with E-state index in [9.17, 15) is 17.2 Å². The van der Waals surface area contributed by atoms with E-state index in [0.29, 0.717) is 0 Å². The number of rotatable bonds is 4. The molecule has 4 nitrogen and oxygen atoms in total. The van der Waals surface area contributed by atoms with Gasteiger partial charge in [0.15, 0.2) is 0 Å². The van der Waals surface area contributed by atoms with E-state index in [1.807, 2.05) is 0 Å². The van der Waals surface area contributed by atoms with E-state index in [1.165, 1.54) is 18.3 Å². The predicted octanol–water partition coefficient (Wildman–Crippen LogP) is 2.61. The number of aryl methyl sites for hydroxylation is 1. The van der Waals surface area contributed by atoms with Crippen LogP contribution in [0.15, 0.2) is 36.5 Å². The minimum Gasteiger partial charge on any atom is -0.282 e. The third kappa shape index (κ3) is 3.51. The molecule has 0 radical (unpaired) electrons. The highest BCUT2D eigenvalue weighted by atomic mass is 32.2. The fourth-order valence-corrected chi connectivity index (χ4v) is 2.81. The quantitative estimate of drug-likeness (QED) is 0.944. The van der Waals surface area contributed by atoms with Gasteiger partial charge in [-0.3, -0.25) is 9.71 Å². The Bertz CT molecular complexity index is 695. The molecule has 20 heavy (non-hydrogen) atoms. The smallest absolute Gasteiger partial charge is 0.237 e. The Hall–Kier alpha value is -2.02. The summed E-state index contributed by atoms with van der Waals surface area (Å²) in [6.45, 7) is 1.76. The van der Waals surface area contributed by atoms with Crippen LogP contribution in [0.25, 0.3) is 0 Å². The maximum Gasteiger partial charge on any atom is 0.237 e. The molecule has 0 aliphatic carbocycles. The number of hydrogen-bond donors (Lipinski definition) is 1. The van der Waals surface area contributed by atoms with Gasteiger partial charge in [-0.15, -0.1) is 0 Å². The van der Waals surface area contributed by atoms with Crippen molar-refractivity contribution in [3.05, 3.63) is 59.4 Å². The van der Waals surface area contributed by atoms with Crippen LogP contribution in [-0.2, 0) is 15.8 Å². The zero-order chi connectivity index (χ0) is 14.8. The first kappa shape index (κ1) is 14.4. The van der Waals surface area contributed by atoms with E-state index in [1.54, 1.807) is 13.0 Å². The minimum absolute atomic E-state index is 0.243. The van der Waals surface area contributed by atoms with Gasteiger partial charge in [-0.2, -0.15) is 0 Å². The van der Waals surface area contributed by atoms with Gasteiger partial charge in [0.25, 0.3) is 0 Å². The lowest BCUT2D eigenvalue weighted by Gasteiger charge is -2.09. The number of nitrogens with zero attached hydrogens (tertiary/aromatic N) is 1. The summed E-state index contributed by atoms with van der Waals surface area (Å²) < 4.78 is 52.9. The largest absolute Gasteiger partial charge is 0.282 e. The van der Waals surface area contributed by atoms with E-state index in [2.05, 4.69) is 9.71 Å². The van der Waals surface area contributed by atoms with Gasteiger partial charge in [-0.1, -0.05) is 6.07 Å². The van der Waals surface area contributed by atoms with Gasteiger partial charge in [0, 0.05) is 11.3 Å². The van der Waals surface area contributed by atoms with Crippen LogP contribution in [0.4, 0.5) is 14.5 Å². The summed E-state index contributed by atoms with van der Waals surface area (Å²) in [5.74, 6) is -2.56. The van der Waals surface area contributed by atoms with E-state index >= 15 is 0 Å². The second-order valence-electron chi connectivity index (χ2n) is 4.25. The maximum atomic E-state index is 13.4. The van der Waals surface area contributed by atoms with Crippen LogP contribution in [-0.4, -0.2) is 13.4 Å². The number of halogens is 2. The molecule has 7 heteroatoms. The molecule has 0 spiro atoms. The Labute approximate surface area is 115 Å². The SMILES string of the molecule is Cc1ccc(NS(=O)(=O)Cc2c(F)cccc2F)cn1. The molecule has 0 atom stereocenters. The van der Waals surface area contributed by atoms with E-state index < -0.39 is 33.0 Å². The third-order valence-corrected chi connectivity index (χ3v) is 3.80. The second-order valence-corrected chi connectivity index (χ2v) is 5.97. The Morgan fingerprint density at radius 2 is 1.80 bits per heavy atom. The first-order chi connectivity index (χ1) is 9.37. The van der Waals surface area contributed by atoms with Crippen LogP contribution < -0.4 is 4.72 Å². The standard InChI is InChI=1S/C13H12F2N2O2S/c1-9-5-6-10(7-16-9)17-20(18,19)8-11-12(14)3-2-4-13(11)15/h2-7,17H,8H2,1H3. The molecule has 1 N–H and O–H groups in total. The van der Waals surface area contributed by atoms with Gasteiger partial charge in [-0.25, -0.2) is 17.2 Å². The number of pyridine rings is 1. The van der Waals surface area contributed by atoms with Crippen molar-refractivity contribution < 1.29 is 17.2 Å². The molecule has 0 unspecified atom stereocenters. The molecule has 1 aromatic carbocycles. The number of sulfonamides is 1. The average molecular weight is 298 g/mol. The fraction of sp³-hybridized carbons (Fsp3) is 0.154. The first-order valence-corrected chi connectivity index (χ1v) is 7.39. The Morgan fingerprint density at radius 3 is 2.35 bits per heavy atom. The number of aromatic nitrogens is 1. The van der Waals surface area contributed by atoms with Crippen LogP contribution >= 0.6 is 0 Å². The molecular weight excluding hydrogens is 286 g/mol. The molecule has 1 aromatic heterocycles. The van der Waals surface area contributed by atoms with E-state index in [-0.39, 0.29) is 5.69 Å². The molecule has 0 aliphatic heterocycles. The Kier molecular flexibility index (Phi) is 3.99. The summed E-state index contributed by atoms with van der Waals surface area (Å²) >= 11 is 0. The molecule has 2 rings (SSSR count). The van der Waals surface area contributed by atoms with Gasteiger partial charge in [0.2, 0.25) is 10.0 Å². The van der Waals surface area contributed by atoms with Gasteiger partial charge in [-0.05, 0) is 31.2 Å². The van der Waals surface area contributed by atoms with Crippen molar-refractivity contribution in [3.8, 4) is 0 Å². The van der Waals surface area contributed by atoms with Crippen molar-refractivity contribution >= 4 is 15.7 Å². The molecule has 0 amide bonds. The average Bonchev–Trinajstić information content (AvgIpc) is 2.37. The topological polar surface area (TPSA) is 59.1 Å². The van der Waals surface area contributed by atoms with Crippen molar-refractivity contribution in [2.75, 3.05) is 4.72 Å². The molecule has 106 valence electrons. The molecule has 0 fully saturated rings. The maximum absolute atomic E-state index is 13.4. The summed E-state index contributed by atoms with van der Waals surface area (Å²) in [7, 11) is -3.92. The lowest BCUT2D eigenvalue weighted by atomic mass is 10.2. The number of nitrogens with one attached hydrogen (secondary N) is 1. The molecule has 0 aliphatic rings. The first-order valence-electron chi connectivity index (χ1n) is 5.73. The molecule has 2 aromatic rings. The summed E-state index contributed by atoms with van der Waals surface area (Å²) in [6, 6.07) is 6.36. The van der Waals surface area contributed by atoms with Crippen LogP contribution in [0.3, 0.4) is 0 Å². The summed E-state index contributed by atoms with van der Waals surface area (Å²) in [5.41, 5.74) is 0.487. The molecule has 1 heterocycles. The van der Waals surface area contributed by atoms with Crippen molar-refractivity contribution in [2.24, 2.45) is 0 Å². The van der Waals surface area contributed by atoms with Gasteiger partial charge in [0.05, 0.1) is 11.9 Å². The lowest BCUT2D eigenvalue weighted by molar-refractivity contribution is 0.557. The van der Waals surface area contributed by atoms with Crippen LogP contribution in [0.5, 0.6) is 0 Å². The fourth-order valence-electron chi connectivity index (χ4n) is 1.60. The van der Waals surface area contributed by atoms with Crippen molar-refractivity contribution in [2.45, 2.75) is 12.7 Å². The number of anilines is 1. The number of benzene rings is 1. The third-order valence-electron chi connectivity index (χ3n) is 2.58. The molecular formula is C13H12F2N2O2S. The van der Waals surface area contributed by atoms with Crippen LogP contribution in [0.1, 0.15) is 11.3 Å². The van der Waals surface area contributed by atoms with Gasteiger partial charge >= 0.3 is 0 Å². The van der Waals surface area contributed by atoms with E-state index in [4.69, 9.17) is 0 Å². The molecule has 0 saturated carbocycles. The molecule has 0 bridgehead atoms. The number of hydrogen-bond acceptors (Lipinski definition) is 3. The highest BCUT2D eigenvalue weighted by Crippen LogP contribution is 2.17. The summed E-state index contributed by atoms with van der Waals surface area (Å²) in [4.78, 5) is 3.93. The van der Waals surface area contributed by atoms with Crippen molar-refractivity contribution in [1.82, 2.24) is 4.98 Å². The minimum atomic E-state index is -3.92. The van der Waals surface area contributed by atoms with Crippen molar-refractivity contribution in [1.29, 1.82) is 0 Å². The zero-order valence-corrected chi connectivity index (χ0v) is 11.4. The Balaban J connectivity index is 2.21. The van der Waals surface area contributed by atoms with Crippen LogP contribution in [0.2, 0.25) is 0 Å². The summed E-state index contributed by atoms with van der Waals surface area (Å²) in [5, 5.41) is 0. The highest BCUT2D eigenvalue weighted by molar-refractivity contribution is 7.91. The zero-order valence-electron chi connectivity index (χ0n) is 10.6. The van der Waals surface area contributed by atoms with Gasteiger partial charge < -0.3 is 0 Å². The molecule has 0 saturated heterocycles. The lowest BCUT2D eigenvalue weighted by Crippen LogP contribution is -2.17.